The molecule has 1 heterocycles. The second-order valence-corrected chi connectivity index (χ2v) is 4.71. The number of likely N-dealkylation sites (tertiary alicyclic amines) is 1. The highest BCUT2D eigenvalue weighted by atomic mass is 16.6. The summed E-state index contributed by atoms with van der Waals surface area (Å²) in [6, 6.07) is 0.342. The van der Waals surface area contributed by atoms with Crippen molar-refractivity contribution in [1.29, 1.82) is 0 Å². The summed E-state index contributed by atoms with van der Waals surface area (Å²) in [6.45, 7) is 9.21. The molecule has 1 amide bonds. The molecule has 16 heavy (non-hydrogen) atoms. The fourth-order valence-electron chi connectivity index (χ4n) is 2.06. The molecule has 1 aliphatic heterocycles. The van der Waals surface area contributed by atoms with Gasteiger partial charge < -0.3 is 14.5 Å². The first-order valence-electron chi connectivity index (χ1n) is 6.20. The molecule has 0 saturated carbocycles. The summed E-state index contributed by atoms with van der Waals surface area (Å²) in [7, 11) is 1.84. The summed E-state index contributed by atoms with van der Waals surface area (Å²) < 4.78 is 5.19. The van der Waals surface area contributed by atoms with Crippen LogP contribution in [0.5, 0.6) is 0 Å². The minimum Gasteiger partial charge on any atom is -0.447 e. The van der Waals surface area contributed by atoms with Crippen molar-refractivity contribution in [3.63, 3.8) is 0 Å². The number of ether oxygens (including phenoxy) is 1. The van der Waals surface area contributed by atoms with Crippen LogP contribution in [0.25, 0.3) is 0 Å². The van der Waals surface area contributed by atoms with Crippen molar-refractivity contribution in [1.82, 2.24) is 9.80 Å². The average Bonchev–Trinajstić information content (AvgIpc) is 2.27. The molecule has 0 aromatic carbocycles. The van der Waals surface area contributed by atoms with Crippen LogP contribution in [-0.4, -0.2) is 54.7 Å². The van der Waals surface area contributed by atoms with Crippen molar-refractivity contribution in [2.24, 2.45) is 0 Å². The van der Waals surface area contributed by atoms with Gasteiger partial charge in [0.25, 0.3) is 0 Å². The molecule has 94 valence electrons. The van der Waals surface area contributed by atoms with Gasteiger partial charge >= 0.3 is 6.09 Å². The molecule has 0 aromatic heterocycles. The quantitative estimate of drug-likeness (QED) is 0.740. The van der Waals surface area contributed by atoms with Crippen LogP contribution >= 0.6 is 0 Å². The maximum Gasteiger partial charge on any atom is 0.410 e. The summed E-state index contributed by atoms with van der Waals surface area (Å²) >= 11 is 0. The molecule has 0 bridgehead atoms. The molecule has 4 nitrogen and oxygen atoms in total. The number of carbonyl (C=O) groups is 1. The van der Waals surface area contributed by atoms with E-state index in [-0.39, 0.29) is 12.2 Å². The molecule has 1 saturated heterocycles. The number of nitrogens with zero attached hydrogens (tertiary/aromatic N) is 2. The topological polar surface area (TPSA) is 32.8 Å². The number of hydrogen-bond acceptors (Lipinski definition) is 3. The van der Waals surface area contributed by atoms with Crippen LogP contribution in [0.1, 0.15) is 33.6 Å². The van der Waals surface area contributed by atoms with Gasteiger partial charge in [-0.2, -0.15) is 0 Å². The SMILES string of the molecule is CCN1CCC(N(C)C(=O)OC(C)C)CC1. The molecule has 0 atom stereocenters. The zero-order valence-corrected chi connectivity index (χ0v) is 10.9. The van der Waals surface area contributed by atoms with Gasteiger partial charge in [0, 0.05) is 26.2 Å². The van der Waals surface area contributed by atoms with Crippen molar-refractivity contribution in [3.8, 4) is 0 Å². The van der Waals surface area contributed by atoms with Gasteiger partial charge in [0.05, 0.1) is 6.10 Å². The van der Waals surface area contributed by atoms with Gasteiger partial charge in [0.1, 0.15) is 0 Å². The lowest BCUT2D eigenvalue weighted by molar-refractivity contribution is 0.0587. The predicted octanol–water partition coefficient (Wildman–Crippen LogP) is 1.95. The lowest BCUT2D eigenvalue weighted by Crippen LogP contribution is -2.46. The molecule has 0 aliphatic carbocycles. The van der Waals surface area contributed by atoms with E-state index in [0.717, 1.165) is 32.5 Å². The lowest BCUT2D eigenvalue weighted by Gasteiger charge is -2.35. The monoisotopic (exact) mass is 228 g/mol. The summed E-state index contributed by atoms with van der Waals surface area (Å²) in [6.07, 6.45) is 1.88. The number of amides is 1. The van der Waals surface area contributed by atoms with Crippen LogP contribution in [0.4, 0.5) is 4.79 Å². The van der Waals surface area contributed by atoms with E-state index in [0.29, 0.717) is 6.04 Å². The van der Waals surface area contributed by atoms with Crippen LogP contribution < -0.4 is 0 Å². The Morgan fingerprint density at radius 1 is 1.44 bits per heavy atom. The zero-order valence-electron chi connectivity index (χ0n) is 10.9. The van der Waals surface area contributed by atoms with Crippen LogP contribution in [0.3, 0.4) is 0 Å². The maximum atomic E-state index is 11.7. The molecule has 0 unspecified atom stereocenters. The molecular weight excluding hydrogens is 204 g/mol. The predicted molar refractivity (Wildman–Crippen MR) is 64.5 cm³/mol. The minimum absolute atomic E-state index is 0.0364. The van der Waals surface area contributed by atoms with Gasteiger partial charge in [0.15, 0.2) is 0 Å². The molecule has 0 N–H and O–H groups in total. The van der Waals surface area contributed by atoms with Gasteiger partial charge in [-0.1, -0.05) is 6.92 Å². The molecule has 0 aromatic rings. The Morgan fingerprint density at radius 3 is 2.44 bits per heavy atom. The molecule has 0 spiro atoms. The van der Waals surface area contributed by atoms with E-state index in [2.05, 4.69) is 11.8 Å². The highest BCUT2D eigenvalue weighted by Crippen LogP contribution is 2.16. The van der Waals surface area contributed by atoms with Crippen molar-refractivity contribution in [2.45, 2.75) is 45.8 Å². The third-order valence-electron chi connectivity index (χ3n) is 3.18. The van der Waals surface area contributed by atoms with Gasteiger partial charge in [0.2, 0.25) is 0 Å². The highest BCUT2D eigenvalue weighted by molar-refractivity contribution is 5.67. The van der Waals surface area contributed by atoms with Crippen LogP contribution in [0, 0.1) is 0 Å². The second-order valence-electron chi connectivity index (χ2n) is 4.71. The maximum absolute atomic E-state index is 11.7. The Labute approximate surface area is 98.5 Å². The summed E-state index contributed by atoms with van der Waals surface area (Å²) in [4.78, 5) is 15.9. The van der Waals surface area contributed by atoms with E-state index in [9.17, 15) is 4.79 Å². The van der Waals surface area contributed by atoms with Crippen LogP contribution in [0.2, 0.25) is 0 Å². The molecule has 1 aliphatic rings. The molecule has 4 heteroatoms. The van der Waals surface area contributed by atoms with E-state index in [1.807, 2.05) is 20.9 Å². The molecule has 1 rings (SSSR count). The van der Waals surface area contributed by atoms with E-state index in [1.165, 1.54) is 0 Å². The largest absolute Gasteiger partial charge is 0.447 e. The minimum atomic E-state index is -0.190. The Hall–Kier alpha value is -0.770. The van der Waals surface area contributed by atoms with Crippen molar-refractivity contribution < 1.29 is 9.53 Å². The first-order valence-corrected chi connectivity index (χ1v) is 6.20. The Kier molecular flexibility index (Phi) is 5.06. The summed E-state index contributed by atoms with van der Waals surface area (Å²) in [5, 5.41) is 0. The Balaban J connectivity index is 2.37. The standard InChI is InChI=1S/C12H24N2O2/c1-5-14-8-6-11(7-9-14)13(4)12(15)16-10(2)3/h10-11H,5-9H2,1-4H3. The summed E-state index contributed by atoms with van der Waals surface area (Å²) in [5.41, 5.74) is 0. The van der Waals surface area contributed by atoms with Crippen LogP contribution in [0.15, 0.2) is 0 Å². The number of carbonyl (C=O) groups excluding carboxylic acids is 1. The van der Waals surface area contributed by atoms with E-state index in [4.69, 9.17) is 4.74 Å². The average molecular weight is 228 g/mol. The van der Waals surface area contributed by atoms with E-state index < -0.39 is 0 Å². The van der Waals surface area contributed by atoms with E-state index in [1.54, 1.807) is 4.90 Å². The smallest absolute Gasteiger partial charge is 0.410 e. The van der Waals surface area contributed by atoms with Gasteiger partial charge in [-0.25, -0.2) is 4.79 Å². The fourth-order valence-corrected chi connectivity index (χ4v) is 2.06. The Bertz CT molecular complexity index is 223. The van der Waals surface area contributed by atoms with Crippen molar-refractivity contribution in [2.75, 3.05) is 26.7 Å². The first kappa shape index (κ1) is 13.3. The first-order chi connectivity index (χ1) is 7.54. The third kappa shape index (κ3) is 3.67. The second kappa shape index (κ2) is 6.09. The molecule has 0 radical (unpaired) electrons. The summed E-state index contributed by atoms with van der Waals surface area (Å²) in [5.74, 6) is 0. The van der Waals surface area contributed by atoms with Gasteiger partial charge in [-0.05, 0) is 33.2 Å². The lowest BCUT2D eigenvalue weighted by atomic mass is 10.0. The van der Waals surface area contributed by atoms with Gasteiger partial charge in [-0.15, -0.1) is 0 Å². The van der Waals surface area contributed by atoms with Crippen LogP contribution in [-0.2, 0) is 4.74 Å². The number of rotatable bonds is 3. The molecule has 1 fully saturated rings. The van der Waals surface area contributed by atoms with E-state index >= 15 is 0 Å². The normalized spacial score (nSPS) is 18.8. The van der Waals surface area contributed by atoms with Crippen molar-refractivity contribution >= 4 is 6.09 Å². The Morgan fingerprint density at radius 2 is 2.00 bits per heavy atom. The number of piperidine rings is 1. The third-order valence-corrected chi connectivity index (χ3v) is 3.18. The van der Waals surface area contributed by atoms with Gasteiger partial charge in [-0.3, -0.25) is 0 Å². The number of hydrogen-bond donors (Lipinski definition) is 0. The van der Waals surface area contributed by atoms with Crippen molar-refractivity contribution in [3.05, 3.63) is 0 Å². The highest BCUT2D eigenvalue weighted by Gasteiger charge is 2.25. The molecular formula is C12H24N2O2. The fraction of sp³-hybridized carbons (Fsp3) is 0.917. The zero-order chi connectivity index (χ0) is 12.1.